The molecular weight excluding hydrogens is 286 g/mol. The van der Waals surface area contributed by atoms with Crippen LogP contribution in [0.4, 0.5) is 0 Å². The number of para-hydroxylation sites is 1. The molecule has 0 saturated heterocycles. The minimum Gasteiger partial charge on any atom is -0.354 e. The van der Waals surface area contributed by atoms with Crippen molar-refractivity contribution in [3.8, 4) is 0 Å². The molecule has 0 radical (unpaired) electrons. The number of carbonyl (C=O) groups is 1. The van der Waals surface area contributed by atoms with E-state index in [-0.39, 0.29) is 11.9 Å². The molecule has 3 rings (SSSR count). The molecule has 1 aliphatic carbocycles. The molecule has 1 heterocycles. The number of hydrogen-bond acceptors (Lipinski definition) is 2. The van der Waals surface area contributed by atoms with E-state index in [1.165, 1.54) is 31.3 Å². The number of nitrogens with zero attached hydrogens (tertiary/aromatic N) is 2. The summed E-state index contributed by atoms with van der Waals surface area (Å²) in [6.07, 6.45) is 8.28. The number of allylic oxidation sites excluding steroid dienone is 1. The van der Waals surface area contributed by atoms with Crippen LogP contribution in [0, 0.1) is 6.92 Å². The van der Waals surface area contributed by atoms with Gasteiger partial charge in [0.05, 0.1) is 11.2 Å². The Labute approximate surface area is 137 Å². The minimum atomic E-state index is -0.297. The largest absolute Gasteiger partial charge is 0.354 e. The average Bonchev–Trinajstić information content (AvgIpc) is 2.92. The van der Waals surface area contributed by atoms with Gasteiger partial charge in [0.25, 0.3) is 0 Å². The van der Waals surface area contributed by atoms with Gasteiger partial charge < -0.3 is 5.32 Å². The molecule has 2 aromatic rings. The number of rotatable bonds is 5. The highest BCUT2D eigenvalue weighted by Crippen LogP contribution is 2.22. The van der Waals surface area contributed by atoms with Crippen LogP contribution in [0.15, 0.2) is 35.9 Å². The van der Waals surface area contributed by atoms with Gasteiger partial charge in [0.1, 0.15) is 6.04 Å². The standard InChI is InChI=1S/C19H25N3O/c1-14-17-10-6-7-11-18(17)22(21-14)15(2)19(23)20-13-12-16-8-4-3-5-9-16/h6-8,10-11,15H,3-5,9,12-13H2,1-2H3,(H,20,23)/t15-/m1/s1. The molecule has 4 heteroatoms. The molecule has 23 heavy (non-hydrogen) atoms. The van der Waals surface area contributed by atoms with Crippen LogP contribution in [-0.4, -0.2) is 22.2 Å². The van der Waals surface area contributed by atoms with E-state index >= 15 is 0 Å². The lowest BCUT2D eigenvalue weighted by atomic mass is 9.97. The third-order valence-electron chi connectivity index (χ3n) is 4.68. The lowest BCUT2D eigenvalue weighted by Gasteiger charge is -2.16. The second-order valence-electron chi connectivity index (χ2n) is 6.37. The smallest absolute Gasteiger partial charge is 0.244 e. The first-order chi connectivity index (χ1) is 11.2. The van der Waals surface area contributed by atoms with Crippen LogP contribution in [0.25, 0.3) is 10.9 Å². The molecule has 1 atom stereocenters. The molecule has 1 aliphatic rings. The van der Waals surface area contributed by atoms with Crippen LogP contribution in [0.1, 0.15) is 50.8 Å². The molecule has 4 nitrogen and oxygen atoms in total. The van der Waals surface area contributed by atoms with Crippen molar-refractivity contribution in [2.24, 2.45) is 0 Å². The number of hydrogen-bond donors (Lipinski definition) is 1. The first-order valence-electron chi connectivity index (χ1n) is 8.56. The molecule has 0 saturated carbocycles. The Morgan fingerprint density at radius 2 is 2.17 bits per heavy atom. The van der Waals surface area contributed by atoms with E-state index in [1.807, 2.05) is 42.8 Å². The number of nitrogens with one attached hydrogen (secondary N) is 1. The van der Waals surface area contributed by atoms with Crippen molar-refractivity contribution >= 4 is 16.8 Å². The molecule has 1 aromatic carbocycles. The van der Waals surface area contributed by atoms with Crippen LogP contribution in [0.2, 0.25) is 0 Å². The first kappa shape index (κ1) is 15.8. The molecule has 1 N–H and O–H groups in total. The van der Waals surface area contributed by atoms with Crippen molar-refractivity contribution in [1.29, 1.82) is 0 Å². The third-order valence-corrected chi connectivity index (χ3v) is 4.68. The van der Waals surface area contributed by atoms with Gasteiger partial charge >= 0.3 is 0 Å². The number of carbonyl (C=O) groups excluding carboxylic acids is 1. The van der Waals surface area contributed by atoms with E-state index < -0.39 is 0 Å². The number of fused-ring (bicyclic) bond motifs is 1. The summed E-state index contributed by atoms with van der Waals surface area (Å²) in [5.74, 6) is 0.0367. The fourth-order valence-electron chi connectivity index (χ4n) is 3.28. The molecular formula is C19H25N3O. The second kappa shape index (κ2) is 6.99. The van der Waals surface area contributed by atoms with Crippen LogP contribution in [0.5, 0.6) is 0 Å². The summed E-state index contributed by atoms with van der Waals surface area (Å²) in [6, 6.07) is 7.76. The molecule has 0 spiro atoms. The highest BCUT2D eigenvalue weighted by molar-refractivity contribution is 5.86. The van der Waals surface area contributed by atoms with E-state index in [4.69, 9.17) is 0 Å². The highest BCUT2D eigenvalue weighted by atomic mass is 16.2. The monoisotopic (exact) mass is 311 g/mol. The summed E-state index contributed by atoms with van der Waals surface area (Å²) in [6.45, 7) is 4.61. The number of aryl methyl sites for hydroxylation is 1. The van der Waals surface area contributed by atoms with Crippen LogP contribution < -0.4 is 5.32 Å². The maximum Gasteiger partial charge on any atom is 0.244 e. The summed E-state index contributed by atoms with van der Waals surface area (Å²) in [7, 11) is 0. The van der Waals surface area contributed by atoms with Gasteiger partial charge in [-0.05, 0) is 52.0 Å². The fraction of sp³-hybridized carbons (Fsp3) is 0.474. The van der Waals surface area contributed by atoms with Gasteiger partial charge in [0.2, 0.25) is 5.91 Å². The van der Waals surface area contributed by atoms with Gasteiger partial charge in [-0.15, -0.1) is 0 Å². The summed E-state index contributed by atoms with van der Waals surface area (Å²) >= 11 is 0. The van der Waals surface area contributed by atoms with Gasteiger partial charge in [0, 0.05) is 11.9 Å². The zero-order valence-corrected chi connectivity index (χ0v) is 14.0. The van der Waals surface area contributed by atoms with Gasteiger partial charge in [-0.3, -0.25) is 9.48 Å². The minimum absolute atomic E-state index is 0.0367. The Hall–Kier alpha value is -2.10. The second-order valence-corrected chi connectivity index (χ2v) is 6.37. The van der Waals surface area contributed by atoms with Crippen molar-refractivity contribution in [2.75, 3.05) is 6.54 Å². The van der Waals surface area contributed by atoms with Crippen LogP contribution in [0.3, 0.4) is 0 Å². The summed E-state index contributed by atoms with van der Waals surface area (Å²) < 4.78 is 1.83. The summed E-state index contributed by atoms with van der Waals surface area (Å²) in [5, 5.41) is 8.73. The Kier molecular flexibility index (Phi) is 4.79. The van der Waals surface area contributed by atoms with Crippen LogP contribution in [-0.2, 0) is 4.79 Å². The molecule has 0 fully saturated rings. The first-order valence-corrected chi connectivity index (χ1v) is 8.56. The predicted molar refractivity (Wildman–Crippen MR) is 93.4 cm³/mol. The number of amides is 1. The number of benzene rings is 1. The van der Waals surface area contributed by atoms with Crippen molar-refractivity contribution < 1.29 is 4.79 Å². The molecule has 0 unspecified atom stereocenters. The van der Waals surface area contributed by atoms with Crippen LogP contribution >= 0.6 is 0 Å². The third kappa shape index (κ3) is 3.46. The molecule has 0 bridgehead atoms. The van der Waals surface area contributed by atoms with E-state index in [9.17, 15) is 4.79 Å². The van der Waals surface area contributed by atoms with Gasteiger partial charge in [-0.1, -0.05) is 29.8 Å². The molecule has 1 aromatic heterocycles. The SMILES string of the molecule is Cc1nn([C@H](C)C(=O)NCCC2=CCCCC2)c2ccccc12. The Morgan fingerprint density at radius 3 is 2.96 bits per heavy atom. The van der Waals surface area contributed by atoms with Crippen molar-refractivity contribution in [3.63, 3.8) is 0 Å². The zero-order chi connectivity index (χ0) is 16.2. The Balaban J connectivity index is 1.63. The number of aromatic nitrogens is 2. The van der Waals surface area contributed by atoms with E-state index in [0.717, 1.165) is 23.0 Å². The Morgan fingerprint density at radius 1 is 1.35 bits per heavy atom. The van der Waals surface area contributed by atoms with Gasteiger partial charge in [-0.25, -0.2) is 0 Å². The highest BCUT2D eigenvalue weighted by Gasteiger charge is 2.19. The van der Waals surface area contributed by atoms with Crippen molar-refractivity contribution in [3.05, 3.63) is 41.6 Å². The maximum atomic E-state index is 12.4. The lowest BCUT2D eigenvalue weighted by molar-refractivity contribution is -0.124. The van der Waals surface area contributed by atoms with Gasteiger partial charge in [0.15, 0.2) is 0 Å². The van der Waals surface area contributed by atoms with E-state index in [0.29, 0.717) is 6.54 Å². The quantitative estimate of drug-likeness (QED) is 0.851. The topological polar surface area (TPSA) is 46.9 Å². The lowest BCUT2D eigenvalue weighted by Crippen LogP contribution is -2.32. The molecule has 0 aliphatic heterocycles. The summed E-state index contributed by atoms with van der Waals surface area (Å²) in [5.41, 5.74) is 3.47. The van der Waals surface area contributed by atoms with Crippen molar-refractivity contribution in [1.82, 2.24) is 15.1 Å². The Bertz CT molecular complexity index is 729. The van der Waals surface area contributed by atoms with E-state index in [1.54, 1.807) is 0 Å². The summed E-state index contributed by atoms with van der Waals surface area (Å²) in [4.78, 5) is 12.4. The predicted octanol–water partition coefficient (Wildman–Crippen LogP) is 3.91. The average molecular weight is 311 g/mol. The van der Waals surface area contributed by atoms with Crippen molar-refractivity contribution in [2.45, 2.75) is 52.0 Å². The van der Waals surface area contributed by atoms with E-state index in [2.05, 4.69) is 16.5 Å². The normalized spacial score (nSPS) is 16.2. The van der Waals surface area contributed by atoms with Gasteiger partial charge in [-0.2, -0.15) is 5.10 Å². The fourth-order valence-corrected chi connectivity index (χ4v) is 3.28. The zero-order valence-electron chi connectivity index (χ0n) is 14.0. The molecule has 1 amide bonds. The maximum absolute atomic E-state index is 12.4. The molecule has 122 valence electrons.